The highest BCUT2D eigenvalue weighted by atomic mass is 16.5. The number of rotatable bonds is 4. The molecule has 1 rings (SSSR count). The molecule has 1 aromatic carbocycles. The van der Waals surface area contributed by atoms with Gasteiger partial charge in [-0.3, -0.25) is 4.79 Å². The van der Waals surface area contributed by atoms with E-state index >= 15 is 0 Å². The number of carbonyl (C=O) groups is 1. The summed E-state index contributed by atoms with van der Waals surface area (Å²) in [6, 6.07) is 8.34. The molecule has 0 unspecified atom stereocenters. The number of terminal acetylenes is 1. The fourth-order valence-electron chi connectivity index (χ4n) is 1.21. The zero-order valence-corrected chi connectivity index (χ0v) is 9.43. The lowest BCUT2D eigenvalue weighted by molar-refractivity contribution is 0.103. The second-order valence-electron chi connectivity index (χ2n) is 3.15. The van der Waals surface area contributed by atoms with Crippen LogP contribution in [0.15, 0.2) is 36.1 Å². The average Bonchev–Trinajstić information content (AvgIpc) is 2.39. The fourth-order valence-corrected chi connectivity index (χ4v) is 1.21. The minimum atomic E-state index is -0.321. The van der Waals surface area contributed by atoms with Crippen molar-refractivity contribution in [2.75, 3.05) is 6.61 Å². The van der Waals surface area contributed by atoms with Crippen molar-refractivity contribution < 1.29 is 9.53 Å². The third kappa shape index (κ3) is 3.22. The van der Waals surface area contributed by atoms with Crippen molar-refractivity contribution in [3.05, 3.63) is 47.2 Å². The molecule has 0 fully saturated rings. The molecule has 17 heavy (non-hydrogen) atoms. The summed E-state index contributed by atoms with van der Waals surface area (Å²) in [4.78, 5) is 11.9. The second-order valence-corrected chi connectivity index (χ2v) is 3.15. The summed E-state index contributed by atoms with van der Waals surface area (Å²) >= 11 is 0. The van der Waals surface area contributed by atoms with Crippen molar-refractivity contribution in [2.45, 2.75) is 6.92 Å². The predicted octanol–water partition coefficient (Wildman–Crippen LogP) is 2.29. The quantitative estimate of drug-likeness (QED) is 0.342. The first-order valence-electron chi connectivity index (χ1n) is 5.06. The summed E-state index contributed by atoms with van der Waals surface area (Å²) in [5, 5.41) is 8.74. The molecule has 0 aromatic heterocycles. The molecule has 0 amide bonds. The molecule has 0 aliphatic rings. The van der Waals surface area contributed by atoms with Crippen LogP contribution in [0, 0.1) is 23.7 Å². The van der Waals surface area contributed by atoms with E-state index in [1.807, 2.05) is 6.07 Å². The SMILES string of the molecule is C#C/C(=C/OCC)C(=O)c1cccc(C#N)c1. The maximum atomic E-state index is 11.9. The van der Waals surface area contributed by atoms with E-state index in [4.69, 9.17) is 16.4 Å². The number of carbonyl (C=O) groups excluding carboxylic acids is 1. The van der Waals surface area contributed by atoms with Crippen LogP contribution in [0.25, 0.3) is 0 Å². The normalized spacial score (nSPS) is 10.2. The molecule has 0 saturated heterocycles. The van der Waals surface area contributed by atoms with Gasteiger partial charge in [0.2, 0.25) is 5.78 Å². The van der Waals surface area contributed by atoms with Crippen molar-refractivity contribution in [2.24, 2.45) is 0 Å². The van der Waals surface area contributed by atoms with Crippen molar-refractivity contribution in [3.63, 3.8) is 0 Å². The van der Waals surface area contributed by atoms with Crippen molar-refractivity contribution >= 4 is 5.78 Å². The number of benzene rings is 1. The van der Waals surface area contributed by atoms with E-state index in [-0.39, 0.29) is 11.4 Å². The van der Waals surface area contributed by atoms with Crippen LogP contribution in [0.1, 0.15) is 22.8 Å². The lowest BCUT2D eigenvalue weighted by atomic mass is 10.0. The van der Waals surface area contributed by atoms with Crippen molar-refractivity contribution in [3.8, 4) is 18.4 Å². The third-order valence-electron chi connectivity index (χ3n) is 2.02. The van der Waals surface area contributed by atoms with Crippen molar-refractivity contribution in [1.29, 1.82) is 5.26 Å². The topological polar surface area (TPSA) is 50.1 Å². The number of nitriles is 1. The molecule has 84 valence electrons. The number of hydrogen-bond acceptors (Lipinski definition) is 3. The summed E-state index contributed by atoms with van der Waals surface area (Å²) in [5.41, 5.74) is 0.943. The van der Waals surface area contributed by atoms with Gasteiger partial charge in [0.25, 0.3) is 0 Å². The first-order valence-corrected chi connectivity index (χ1v) is 5.06. The Balaban J connectivity index is 3.04. The van der Waals surface area contributed by atoms with Crippen LogP contribution in [0.4, 0.5) is 0 Å². The molecule has 0 atom stereocenters. The highest BCUT2D eigenvalue weighted by molar-refractivity contribution is 6.11. The van der Waals surface area contributed by atoms with E-state index in [1.54, 1.807) is 25.1 Å². The molecule has 0 aliphatic heterocycles. The average molecular weight is 225 g/mol. The monoisotopic (exact) mass is 225 g/mol. The van der Waals surface area contributed by atoms with Crippen molar-refractivity contribution in [1.82, 2.24) is 0 Å². The van der Waals surface area contributed by atoms with Gasteiger partial charge in [-0.25, -0.2) is 0 Å². The number of nitrogens with zero attached hydrogens (tertiary/aromatic N) is 1. The Kier molecular flexibility index (Phi) is 4.54. The molecule has 0 aliphatic carbocycles. The first-order chi connectivity index (χ1) is 8.22. The number of allylic oxidation sites excluding steroid dienone is 1. The molecular weight excluding hydrogens is 214 g/mol. The Morgan fingerprint density at radius 3 is 2.94 bits per heavy atom. The maximum absolute atomic E-state index is 11.9. The lowest BCUT2D eigenvalue weighted by Crippen LogP contribution is -2.03. The molecule has 0 saturated carbocycles. The van der Waals surface area contributed by atoms with Gasteiger partial charge < -0.3 is 4.74 Å². The summed E-state index contributed by atoms with van der Waals surface area (Å²) in [6.07, 6.45) is 6.50. The van der Waals surface area contributed by atoms with Crippen LogP contribution in [0.3, 0.4) is 0 Å². The largest absolute Gasteiger partial charge is 0.500 e. The Morgan fingerprint density at radius 2 is 2.35 bits per heavy atom. The highest BCUT2D eigenvalue weighted by Gasteiger charge is 2.11. The van der Waals surface area contributed by atoms with Crippen LogP contribution in [-0.4, -0.2) is 12.4 Å². The van der Waals surface area contributed by atoms with Gasteiger partial charge in [0, 0.05) is 5.56 Å². The number of ether oxygens (including phenoxy) is 1. The Bertz CT molecular complexity index is 530. The van der Waals surface area contributed by atoms with Gasteiger partial charge in [-0.2, -0.15) is 5.26 Å². The Labute approximate surface area is 100 Å². The second kappa shape index (κ2) is 6.15. The van der Waals surface area contributed by atoms with Crippen LogP contribution in [0.5, 0.6) is 0 Å². The minimum Gasteiger partial charge on any atom is -0.500 e. The molecule has 0 heterocycles. The van der Waals surface area contributed by atoms with Crippen LogP contribution in [-0.2, 0) is 4.74 Å². The zero-order chi connectivity index (χ0) is 12.7. The molecular formula is C14H11NO2. The molecule has 1 aromatic rings. The Morgan fingerprint density at radius 1 is 1.59 bits per heavy atom. The zero-order valence-electron chi connectivity index (χ0n) is 9.43. The highest BCUT2D eigenvalue weighted by Crippen LogP contribution is 2.10. The van der Waals surface area contributed by atoms with E-state index in [1.165, 1.54) is 12.3 Å². The van der Waals surface area contributed by atoms with E-state index in [0.717, 1.165) is 0 Å². The number of ketones is 1. The molecule has 3 heteroatoms. The van der Waals surface area contributed by atoms with Gasteiger partial charge in [-0.1, -0.05) is 18.1 Å². The summed E-state index contributed by atoms with van der Waals surface area (Å²) in [5.74, 6) is 1.96. The van der Waals surface area contributed by atoms with Crippen LogP contribution < -0.4 is 0 Å². The summed E-state index contributed by atoms with van der Waals surface area (Å²) in [6.45, 7) is 2.24. The molecule has 0 radical (unpaired) electrons. The minimum absolute atomic E-state index is 0.141. The van der Waals surface area contributed by atoms with E-state index < -0.39 is 0 Å². The van der Waals surface area contributed by atoms with E-state index in [9.17, 15) is 4.79 Å². The maximum Gasteiger partial charge on any atom is 0.204 e. The molecule has 0 spiro atoms. The van der Waals surface area contributed by atoms with E-state index in [0.29, 0.717) is 17.7 Å². The summed E-state index contributed by atoms with van der Waals surface area (Å²) < 4.78 is 5.00. The van der Waals surface area contributed by atoms with Gasteiger partial charge in [-0.05, 0) is 19.1 Å². The summed E-state index contributed by atoms with van der Waals surface area (Å²) in [7, 11) is 0. The van der Waals surface area contributed by atoms with Gasteiger partial charge in [-0.15, -0.1) is 6.42 Å². The first kappa shape index (κ1) is 12.5. The van der Waals surface area contributed by atoms with Crippen LogP contribution in [0.2, 0.25) is 0 Å². The molecule has 0 N–H and O–H groups in total. The number of Topliss-reactive ketones (excluding diaryl/α,β-unsaturated/α-hetero) is 1. The third-order valence-corrected chi connectivity index (χ3v) is 2.02. The lowest BCUT2D eigenvalue weighted by Gasteiger charge is -2.01. The fraction of sp³-hybridized carbons (Fsp3) is 0.143. The predicted molar refractivity (Wildman–Crippen MR) is 64.0 cm³/mol. The standard InChI is InChI=1S/C14H11NO2/c1-3-12(10-17-4-2)14(16)13-7-5-6-11(8-13)9-15/h1,5-8,10H,4H2,2H3/b12-10-. The smallest absolute Gasteiger partial charge is 0.204 e. The van der Waals surface area contributed by atoms with Crippen LogP contribution >= 0.6 is 0 Å². The van der Waals surface area contributed by atoms with Gasteiger partial charge >= 0.3 is 0 Å². The molecule has 3 nitrogen and oxygen atoms in total. The Hall–Kier alpha value is -2.52. The van der Waals surface area contributed by atoms with Gasteiger partial charge in [0.05, 0.1) is 18.2 Å². The molecule has 0 bridgehead atoms. The van der Waals surface area contributed by atoms with E-state index in [2.05, 4.69) is 5.92 Å². The number of hydrogen-bond donors (Lipinski definition) is 0. The van der Waals surface area contributed by atoms with Gasteiger partial charge in [0.1, 0.15) is 11.8 Å². The van der Waals surface area contributed by atoms with Gasteiger partial charge in [0.15, 0.2) is 0 Å².